The maximum atomic E-state index is 13.8. The van der Waals surface area contributed by atoms with E-state index in [9.17, 15) is 4.39 Å². The molecule has 1 unspecified atom stereocenters. The molecule has 0 radical (unpaired) electrons. The molecule has 2 N–H and O–H groups in total. The molecule has 2 aromatic rings. The lowest BCUT2D eigenvalue weighted by Gasteiger charge is -2.18. The summed E-state index contributed by atoms with van der Waals surface area (Å²) in [6, 6.07) is 6.59. The van der Waals surface area contributed by atoms with Gasteiger partial charge in [-0.2, -0.15) is 5.10 Å². The largest absolute Gasteiger partial charge is 0.383 e. The van der Waals surface area contributed by atoms with Crippen LogP contribution in [0, 0.1) is 9.39 Å². The number of aromatic nitrogens is 2. The third kappa shape index (κ3) is 2.29. The van der Waals surface area contributed by atoms with Crippen LogP contribution >= 0.6 is 22.6 Å². The van der Waals surface area contributed by atoms with Gasteiger partial charge in [-0.05, 0) is 35.1 Å². The van der Waals surface area contributed by atoms with Crippen LogP contribution in [0.15, 0.2) is 30.5 Å². The Bertz CT molecular complexity index is 524. The molecule has 1 heterocycles. The highest BCUT2D eigenvalue weighted by molar-refractivity contribution is 14.1. The maximum absolute atomic E-state index is 13.8. The topological polar surface area (TPSA) is 43.8 Å². The van der Waals surface area contributed by atoms with Crippen LogP contribution in [0.2, 0.25) is 0 Å². The Morgan fingerprint density at radius 1 is 1.47 bits per heavy atom. The molecule has 0 fully saturated rings. The van der Waals surface area contributed by atoms with Gasteiger partial charge in [0.1, 0.15) is 11.6 Å². The van der Waals surface area contributed by atoms with E-state index in [0.717, 1.165) is 9.99 Å². The standard InChI is InChI=1S/C12H13FIN3/c1-2-11(8-5-3-4-6-9(8)13)17-12(15)10(14)7-16-17/h3-7,11H,2,15H2,1H3. The van der Waals surface area contributed by atoms with Crippen LogP contribution in [-0.2, 0) is 0 Å². The summed E-state index contributed by atoms with van der Waals surface area (Å²) in [5.74, 6) is 0.366. The number of hydrogen-bond acceptors (Lipinski definition) is 2. The average molecular weight is 345 g/mol. The second-order valence-corrected chi connectivity index (χ2v) is 4.93. The zero-order chi connectivity index (χ0) is 12.4. The SMILES string of the molecule is CCC(c1ccccc1F)n1ncc(I)c1N. The van der Waals surface area contributed by atoms with E-state index >= 15 is 0 Å². The molecular weight excluding hydrogens is 332 g/mol. The molecule has 3 nitrogen and oxygen atoms in total. The van der Waals surface area contributed by atoms with Gasteiger partial charge in [0, 0.05) is 5.56 Å². The van der Waals surface area contributed by atoms with Crippen molar-refractivity contribution in [1.29, 1.82) is 0 Å². The molecule has 0 bridgehead atoms. The van der Waals surface area contributed by atoms with Crippen molar-refractivity contribution in [3.63, 3.8) is 0 Å². The van der Waals surface area contributed by atoms with Gasteiger partial charge in [-0.3, -0.25) is 0 Å². The second kappa shape index (κ2) is 5.03. The van der Waals surface area contributed by atoms with Crippen LogP contribution in [0.1, 0.15) is 24.9 Å². The Kier molecular flexibility index (Phi) is 3.66. The molecule has 1 aromatic carbocycles. The van der Waals surface area contributed by atoms with Crippen molar-refractivity contribution in [1.82, 2.24) is 9.78 Å². The van der Waals surface area contributed by atoms with Gasteiger partial charge in [-0.15, -0.1) is 0 Å². The van der Waals surface area contributed by atoms with Crippen LogP contribution < -0.4 is 5.73 Å². The summed E-state index contributed by atoms with van der Waals surface area (Å²) in [4.78, 5) is 0. The average Bonchev–Trinajstić information content (AvgIpc) is 2.65. The number of rotatable bonds is 3. The predicted octanol–water partition coefficient (Wildman–Crippen LogP) is 3.21. The third-order valence-electron chi connectivity index (χ3n) is 2.73. The van der Waals surface area contributed by atoms with Gasteiger partial charge in [0.2, 0.25) is 0 Å². The summed E-state index contributed by atoms with van der Waals surface area (Å²) in [7, 11) is 0. The van der Waals surface area contributed by atoms with Gasteiger partial charge in [0.15, 0.2) is 0 Å². The highest BCUT2D eigenvalue weighted by Gasteiger charge is 2.19. The molecule has 2 rings (SSSR count). The summed E-state index contributed by atoms with van der Waals surface area (Å²) >= 11 is 2.12. The molecule has 0 saturated carbocycles. The molecule has 0 spiro atoms. The number of nitrogens with two attached hydrogens (primary N) is 1. The zero-order valence-corrected chi connectivity index (χ0v) is 11.6. The number of halogens is 2. The summed E-state index contributed by atoms with van der Waals surface area (Å²) in [5.41, 5.74) is 6.56. The maximum Gasteiger partial charge on any atom is 0.135 e. The van der Waals surface area contributed by atoms with Gasteiger partial charge >= 0.3 is 0 Å². The first-order chi connectivity index (χ1) is 8.15. The van der Waals surface area contributed by atoms with E-state index in [2.05, 4.69) is 27.7 Å². The van der Waals surface area contributed by atoms with Crippen molar-refractivity contribution < 1.29 is 4.39 Å². The molecule has 17 heavy (non-hydrogen) atoms. The molecule has 90 valence electrons. The van der Waals surface area contributed by atoms with E-state index in [-0.39, 0.29) is 11.9 Å². The van der Waals surface area contributed by atoms with Crippen LogP contribution in [0.4, 0.5) is 10.2 Å². The Labute approximate surface area is 113 Å². The Morgan fingerprint density at radius 2 is 2.18 bits per heavy atom. The first kappa shape index (κ1) is 12.3. The second-order valence-electron chi connectivity index (χ2n) is 3.77. The van der Waals surface area contributed by atoms with Crippen LogP contribution in [-0.4, -0.2) is 9.78 Å². The minimum Gasteiger partial charge on any atom is -0.383 e. The normalized spacial score (nSPS) is 12.6. The predicted molar refractivity (Wildman–Crippen MR) is 74.2 cm³/mol. The van der Waals surface area contributed by atoms with Crippen molar-refractivity contribution >= 4 is 28.4 Å². The highest BCUT2D eigenvalue weighted by Crippen LogP contribution is 2.27. The van der Waals surface area contributed by atoms with Gasteiger partial charge < -0.3 is 5.73 Å². The number of benzene rings is 1. The molecule has 0 saturated heterocycles. The summed E-state index contributed by atoms with van der Waals surface area (Å²) < 4.78 is 16.3. The van der Waals surface area contributed by atoms with Crippen molar-refractivity contribution in [2.75, 3.05) is 5.73 Å². The van der Waals surface area contributed by atoms with Crippen LogP contribution in [0.5, 0.6) is 0 Å². The molecule has 1 aromatic heterocycles. The molecular formula is C12H13FIN3. The van der Waals surface area contributed by atoms with Gasteiger partial charge in [0.25, 0.3) is 0 Å². The van der Waals surface area contributed by atoms with E-state index in [1.165, 1.54) is 6.07 Å². The molecule has 1 atom stereocenters. The van der Waals surface area contributed by atoms with Gasteiger partial charge in [-0.1, -0.05) is 25.1 Å². The number of hydrogen-bond donors (Lipinski definition) is 1. The zero-order valence-electron chi connectivity index (χ0n) is 9.40. The fourth-order valence-corrected chi connectivity index (χ4v) is 2.24. The fraction of sp³-hybridized carbons (Fsp3) is 0.250. The number of nitrogen functional groups attached to an aromatic ring is 1. The summed E-state index contributed by atoms with van der Waals surface area (Å²) in [5, 5.41) is 4.22. The van der Waals surface area contributed by atoms with E-state index in [1.807, 2.05) is 13.0 Å². The number of anilines is 1. The molecule has 0 aliphatic carbocycles. The minimum atomic E-state index is -0.218. The highest BCUT2D eigenvalue weighted by atomic mass is 127. The van der Waals surface area contributed by atoms with E-state index < -0.39 is 0 Å². The van der Waals surface area contributed by atoms with Crippen molar-refractivity contribution in [2.45, 2.75) is 19.4 Å². The summed E-state index contributed by atoms with van der Waals surface area (Å²) in [6.07, 6.45) is 2.43. The van der Waals surface area contributed by atoms with Gasteiger partial charge in [0.05, 0.1) is 15.8 Å². The molecule has 0 aliphatic heterocycles. The minimum absolute atomic E-state index is 0.153. The summed E-state index contributed by atoms with van der Waals surface area (Å²) in [6.45, 7) is 1.99. The van der Waals surface area contributed by atoms with Crippen LogP contribution in [0.25, 0.3) is 0 Å². The van der Waals surface area contributed by atoms with Crippen LogP contribution in [0.3, 0.4) is 0 Å². The Morgan fingerprint density at radius 3 is 2.71 bits per heavy atom. The smallest absolute Gasteiger partial charge is 0.135 e. The Balaban J connectivity index is 2.48. The monoisotopic (exact) mass is 345 g/mol. The first-order valence-electron chi connectivity index (χ1n) is 5.38. The first-order valence-corrected chi connectivity index (χ1v) is 6.46. The van der Waals surface area contributed by atoms with Crippen molar-refractivity contribution in [2.24, 2.45) is 0 Å². The molecule has 0 amide bonds. The number of nitrogens with zero attached hydrogens (tertiary/aromatic N) is 2. The molecule has 0 aliphatic rings. The molecule has 5 heteroatoms. The van der Waals surface area contributed by atoms with Gasteiger partial charge in [-0.25, -0.2) is 9.07 Å². The lowest BCUT2D eigenvalue weighted by Crippen LogP contribution is -2.15. The van der Waals surface area contributed by atoms with Crippen molar-refractivity contribution in [3.8, 4) is 0 Å². The Hall–Kier alpha value is -1.11. The van der Waals surface area contributed by atoms with E-state index in [1.54, 1.807) is 23.0 Å². The quantitative estimate of drug-likeness (QED) is 0.869. The van der Waals surface area contributed by atoms with Crippen molar-refractivity contribution in [3.05, 3.63) is 45.4 Å². The fourth-order valence-electron chi connectivity index (χ4n) is 1.87. The third-order valence-corrected chi connectivity index (χ3v) is 3.56. The van der Waals surface area contributed by atoms with E-state index in [0.29, 0.717) is 11.4 Å². The van der Waals surface area contributed by atoms with E-state index in [4.69, 9.17) is 5.73 Å². The lowest BCUT2D eigenvalue weighted by atomic mass is 10.0. The lowest BCUT2D eigenvalue weighted by molar-refractivity contribution is 0.485.